The van der Waals surface area contributed by atoms with Gasteiger partial charge in [0.25, 0.3) is 0 Å². The second-order valence-corrected chi connectivity index (χ2v) is 3.41. The second kappa shape index (κ2) is 3.31. The number of carbonyl (C=O) groups is 1. The van der Waals surface area contributed by atoms with E-state index in [-0.39, 0.29) is 12.5 Å². The van der Waals surface area contributed by atoms with Crippen LogP contribution in [0.1, 0.15) is 5.56 Å². The summed E-state index contributed by atoms with van der Waals surface area (Å²) in [6, 6.07) is 5.02. The summed E-state index contributed by atoms with van der Waals surface area (Å²) in [4.78, 5) is 11.3. The summed E-state index contributed by atoms with van der Waals surface area (Å²) in [5.74, 6) is 0.485. The SMILES string of the molecule is Cc1ccc2c(c1)OCC(N)C(=O)N2. The number of nitrogens with two attached hydrogens (primary N) is 1. The normalized spacial score (nSPS) is 20.4. The molecule has 0 fully saturated rings. The Morgan fingerprint density at radius 3 is 3.14 bits per heavy atom. The molecule has 1 amide bonds. The highest BCUT2D eigenvalue weighted by Gasteiger charge is 2.20. The van der Waals surface area contributed by atoms with Crippen LogP contribution in [0.25, 0.3) is 0 Å². The maximum Gasteiger partial charge on any atom is 0.244 e. The number of benzene rings is 1. The lowest BCUT2D eigenvalue weighted by atomic mass is 10.2. The first-order valence-electron chi connectivity index (χ1n) is 4.47. The van der Waals surface area contributed by atoms with Crippen LogP contribution in [-0.4, -0.2) is 18.6 Å². The smallest absolute Gasteiger partial charge is 0.244 e. The molecule has 2 rings (SSSR count). The minimum absolute atomic E-state index is 0.201. The first-order chi connectivity index (χ1) is 6.66. The van der Waals surface area contributed by atoms with Crippen LogP contribution in [0.4, 0.5) is 5.69 Å². The van der Waals surface area contributed by atoms with Crippen molar-refractivity contribution in [3.63, 3.8) is 0 Å². The summed E-state index contributed by atoms with van der Waals surface area (Å²) in [7, 11) is 0. The van der Waals surface area contributed by atoms with Gasteiger partial charge in [0.15, 0.2) is 0 Å². The fourth-order valence-electron chi connectivity index (χ4n) is 1.33. The van der Waals surface area contributed by atoms with Crippen molar-refractivity contribution in [3.8, 4) is 5.75 Å². The van der Waals surface area contributed by atoms with Crippen LogP contribution < -0.4 is 15.8 Å². The van der Waals surface area contributed by atoms with Gasteiger partial charge in [0.05, 0.1) is 5.69 Å². The first-order valence-corrected chi connectivity index (χ1v) is 4.47. The summed E-state index contributed by atoms with van der Waals surface area (Å²) in [6.07, 6.45) is 0. The summed E-state index contributed by atoms with van der Waals surface area (Å²) in [5.41, 5.74) is 7.34. The molecule has 1 atom stereocenters. The molecule has 0 spiro atoms. The van der Waals surface area contributed by atoms with Crippen molar-refractivity contribution in [2.75, 3.05) is 11.9 Å². The molecule has 1 aliphatic rings. The monoisotopic (exact) mass is 192 g/mol. The maximum atomic E-state index is 11.3. The van der Waals surface area contributed by atoms with Gasteiger partial charge in [0, 0.05) is 0 Å². The van der Waals surface area contributed by atoms with Crippen molar-refractivity contribution in [1.82, 2.24) is 0 Å². The van der Waals surface area contributed by atoms with Crippen LogP contribution >= 0.6 is 0 Å². The minimum atomic E-state index is -0.595. The molecule has 1 aliphatic heterocycles. The van der Waals surface area contributed by atoms with Crippen LogP contribution in [0.5, 0.6) is 5.75 Å². The third-order valence-electron chi connectivity index (χ3n) is 2.15. The van der Waals surface area contributed by atoms with Crippen molar-refractivity contribution in [1.29, 1.82) is 0 Å². The number of fused-ring (bicyclic) bond motifs is 1. The Morgan fingerprint density at radius 1 is 1.57 bits per heavy atom. The van der Waals surface area contributed by atoms with E-state index >= 15 is 0 Å². The van der Waals surface area contributed by atoms with E-state index < -0.39 is 6.04 Å². The standard InChI is InChI=1S/C10H12N2O2/c1-6-2-3-8-9(4-6)14-5-7(11)10(13)12-8/h2-4,7H,5,11H2,1H3,(H,12,13). The summed E-state index contributed by atoms with van der Waals surface area (Å²) < 4.78 is 5.40. The molecule has 0 aliphatic carbocycles. The van der Waals surface area contributed by atoms with Gasteiger partial charge in [-0.1, -0.05) is 6.07 Å². The molecule has 0 bridgehead atoms. The van der Waals surface area contributed by atoms with Gasteiger partial charge in [-0.15, -0.1) is 0 Å². The lowest BCUT2D eigenvalue weighted by Crippen LogP contribution is -2.38. The summed E-state index contributed by atoms with van der Waals surface area (Å²) >= 11 is 0. The van der Waals surface area contributed by atoms with Gasteiger partial charge in [-0.3, -0.25) is 4.79 Å². The van der Waals surface area contributed by atoms with Crippen molar-refractivity contribution in [2.24, 2.45) is 5.73 Å². The molecule has 1 aromatic rings. The van der Waals surface area contributed by atoms with Crippen LogP contribution in [0.2, 0.25) is 0 Å². The number of carbonyl (C=O) groups excluding carboxylic acids is 1. The van der Waals surface area contributed by atoms with Crippen molar-refractivity contribution >= 4 is 11.6 Å². The first kappa shape index (κ1) is 9.02. The third-order valence-corrected chi connectivity index (χ3v) is 2.15. The van der Waals surface area contributed by atoms with Gasteiger partial charge in [0.2, 0.25) is 5.91 Å². The number of anilines is 1. The third kappa shape index (κ3) is 1.56. The Labute approximate surface area is 82.1 Å². The predicted molar refractivity (Wildman–Crippen MR) is 53.3 cm³/mol. The number of hydrogen-bond donors (Lipinski definition) is 2. The quantitative estimate of drug-likeness (QED) is 0.634. The van der Waals surface area contributed by atoms with Gasteiger partial charge in [-0.2, -0.15) is 0 Å². The van der Waals surface area contributed by atoms with Crippen LogP contribution in [-0.2, 0) is 4.79 Å². The Morgan fingerprint density at radius 2 is 2.36 bits per heavy atom. The van der Waals surface area contributed by atoms with Crippen molar-refractivity contribution < 1.29 is 9.53 Å². The molecule has 3 N–H and O–H groups in total. The molecule has 74 valence electrons. The fraction of sp³-hybridized carbons (Fsp3) is 0.300. The zero-order valence-electron chi connectivity index (χ0n) is 7.91. The zero-order chi connectivity index (χ0) is 10.1. The largest absolute Gasteiger partial charge is 0.489 e. The lowest BCUT2D eigenvalue weighted by Gasteiger charge is -2.06. The number of nitrogens with one attached hydrogen (secondary N) is 1. The molecule has 1 unspecified atom stereocenters. The Bertz CT molecular complexity index is 376. The lowest BCUT2D eigenvalue weighted by molar-refractivity contribution is -0.117. The molecule has 0 saturated carbocycles. The van der Waals surface area contributed by atoms with Crippen LogP contribution in [0.3, 0.4) is 0 Å². The Kier molecular flexibility index (Phi) is 2.13. The number of ether oxygens (including phenoxy) is 1. The highest BCUT2D eigenvalue weighted by molar-refractivity contribution is 5.96. The Balaban J connectivity index is 2.37. The van der Waals surface area contributed by atoms with Gasteiger partial charge in [0.1, 0.15) is 18.4 Å². The van der Waals surface area contributed by atoms with E-state index in [9.17, 15) is 4.79 Å². The summed E-state index contributed by atoms with van der Waals surface area (Å²) in [6.45, 7) is 2.19. The van der Waals surface area contributed by atoms with Gasteiger partial charge >= 0.3 is 0 Å². The molecular weight excluding hydrogens is 180 g/mol. The van der Waals surface area contributed by atoms with Crippen LogP contribution in [0, 0.1) is 6.92 Å². The predicted octanol–water partition coefficient (Wildman–Crippen LogP) is 0.653. The van der Waals surface area contributed by atoms with E-state index in [2.05, 4.69) is 5.32 Å². The molecule has 4 nitrogen and oxygen atoms in total. The molecule has 0 radical (unpaired) electrons. The second-order valence-electron chi connectivity index (χ2n) is 3.41. The van der Waals surface area contributed by atoms with Gasteiger partial charge in [-0.05, 0) is 24.6 Å². The minimum Gasteiger partial charge on any atom is -0.489 e. The average Bonchev–Trinajstić information content (AvgIpc) is 2.29. The Hall–Kier alpha value is -1.55. The highest BCUT2D eigenvalue weighted by Crippen LogP contribution is 2.27. The number of amides is 1. The van der Waals surface area contributed by atoms with Gasteiger partial charge < -0.3 is 15.8 Å². The number of aryl methyl sites for hydroxylation is 1. The molecule has 4 heteroatoms. The van der Waals surface area contributed by atoms with E-state index in [4.69, 9.17) is 10.5 Å². The molecule has 14 heavy (non-hydrogen) atoms. The van der Waals surface area contributed by atoms with Crippen molar-refractivity contribution in [3.05, 3.63) is 23.8 Å². The topological polar surface area (TPSA) is 64.3 Å². The van der Waals surface area contributed by atoms with Gasteiger partial charge in [-0.25, -0.2) is 0 Å². The average molecular weight is 192 g/mol. The fourth-order valence-corrected chi connectivity index (χ4v) is 1.33. The summed E-state index contributed by atoms with van der Waals surface area (Å²) in [5, 5.41) is 2.71. The van der Waals surface area contributed by atoms with E-state index in [0.717, 1.165) is 5.56 Å². The maximum absolute atomic E-state index is 11.3. The van der Waals surface area contributed by atoms with Crippen LogP contribution in [0.15, 0.2) is 18.2 Å². The van der Waals surface area contributed by atoms with E-state index in [1.165, 1.54) is 0 Å². The molecular formula is C10H12N2O2. The molecule has 0 saturated heterocycles. The molecule has 1 aromatic carbocycles. The number of rotatable bonds is 0. The van der Waals surface area contributed by atoms with Crippen molar-refractivity contribution in [2.45, 2.75) is 13.0 Å². The molecule has 0 aromatic heterocycles. The van der Waals surface area contributed by atoms with E-state index in [1.54, 1.807) is 0 Å². The van der Waals surface area contributed by atoms with E-state index in [0.29, 0.717) is 11.4 Å². The highest BCUT2D eigenvalue weighted by atomic mass is 16.5. The molecule has 1 heterocycles. The number of hydrogen-bond acceptors (Lipinski definition) is 3. The van der Waals surface area contributed by atoms with E-state index in [1.807, 2.05) is 25.1 Å². The zero-order valence-corrected chi connectivity index (χ0v) is 7.91.